The standard InChI is InChI=1S/C42H48N6O4/c1-24(2)36(48-40(50)52-42(7,8)9)38-44-23-35(47-38)33-17-15-29-19-27(11-13-31(29)21-33)26-10-12-30-20-32(16-14-28(30)18-26)34-22-43-37(46-34)25(3)45-39(49)51-41(4,5)6/h10-25,36H,1-9H3,(H,43,46)(H,44,47)(H,45,49)(H,48,50)/t25-,36-/m0/s1. The van der Waals surface area contributed by atoms with Gasteiger partial charge in [0.15, 0.2) is 0 Å². The van der Waals surface area contributed by atoms with Crippen molar-refractivity contribution in [3.8, 4) is 33.6 Å². The lowest BCUT2D eigenvalue weighted by Gasteiger charge is -2.24. The number of aromatic amines is 2. The van der Waals surface area contributed by atoms with Crippen LogP contribution >= 0.6 is 0 Å². The molecule has 6 aromatic rings. The van der Waals surface area contributed by atoms with Gasteiger partial charge in [-0.05, 0) is 111 Å². The smallest absolute Gasteiger partial charge is 0.408 e. The van der Waals surface area contributed by atoms with Crippen LogP contribution in [-0.4, -0.2) is 43.3 Å². The number of benzene rings is 4. The molecule has 52 heavy (non-hydrogen) atoms. The number of H-pyrrole nitrogens is 2. The molecule has 270 valence electrons. The molecule has 10 heteroatoms. The molecule has 0 saturated heterocycles. The monoisotopic (exact) mass is 700 g/mol. The highest BCUT2D eigenvalue weighted by atomic mass is 16.6. The molecule has 2 heterocycles. The van der Waals surface area contributed by atoms with Crippen molar-refractivity contribution in [1.29, 1.82) is 0 Å². The molecule has 4 aromatic carbocycles. The van der Waals surface area contributed by atoms with Gasteiger partial charge in [-0.1, -0.05) is 62.4 Å². The van der Waals surface area contributed by atoms with Crippen molar-refractivity contribution in [2.24, 2.45) is 5.92 Å². The maximum atomic E-state index is 12.5. The topological polar surface area (TPSA) is 134 Å². The first kappa shape index (κ1) is 36.2. The Hall–Kier alpha value is -5.64. The van der Waals surface area contributed by atoms with Crippen LogP contribution in [0.3, 0.4) is 0 Å². The number of imidazole rings is 2. The number of aromatic nitrogens is 4. The lowest BCUT2D eigenvalue weighted by atomic mass is 9.97. The lowest BCUT2D eigenvalue weighted by Crippen LogP contribution is -2.37. The van der Waals surface area contributed by atoms with E-state index in [9.17, 15) is 9.59 Å². The summed E-state index contributed by atoms with van der Waals surface area (Å²) in [6.07, 6.45) is 2.65. The molecule has 0 aliphatic heterocycles. The highest BCUT2D eigenvalue weighted by Gasteiger charge is 2.25. The molecule has 2 atom stereocenters. The van der Waals surface area contributed by atoms with Crippen LogP contribution in [0.15, 0.2) is 85.2 Å². The molecule has 10 nitrogen and oxygen atoms in total. The highest BCUT2D eigenvalue weighted by molar-refractivity contribution is 5.94. The van der Waals surface area contributed by atoms with E-state index in [2.05, 4.69) is 103 Å². The zero-order chi connectivity index (χ0) is 37.4. The molecule has 0 saturated carbocycles. The predicted octanol–water partition coefficient (Wildman–Crippen LogP) is 10.2. The van der Waals surface area contributed by atoms with Crippen LogP contribution in [0.25, 0.3) is 55.2 Å². The molecule has 0 bridgehead atoms. The fraction of sp³-hybridized carbons (Fsp3) is 0.333. The Morgan fingerprint density at radius 1 is 0.577 bits per heavy atom. The summed E-state index contributed by atoms with van der Waals surface area (Å²) < 4.78 is 10.9. The van der Waals surface area contributed by atoms with Gasteiger partial charge in [-0.3, -0.25) is 0 Å². The summed E-state index contributed by atoms with van der Waals surface area (Å²) in [7, 11) is 0. The average molecular weight is 701 g/mol. The van der Waals surface area contributed by atoms with E-state index in [0.29, 0.717) is 11.6 Å². The molecule has 6 rings (SSSR count). The van der Waals surface area contributed by atoms with Crippen LogP contribution in [0, 0.1) is 5.92 Å². The molecule has 2 amide bonds. The second-order valence-electron chi connectivity index (χ2n) is 15.7. The second-order valence-corrected chi connectivity index (χ2v) is 15.7. The second kappa shape index (κ2) is 14.2. The van der Waals surface area contributed by atoms with E-state index in [4.69, 9.17) is 9.47 Å². The number of ether oxygens (including phenoxy) is 2. The van der Waals surface area contributed by atoms with Gasteiger partial charge in [0, 0.05) is 11.1 Å². The van der Waals surface area contributed by atoms with Crippen LogP contribution in [0.1, 0.15) is 86.0 Å². The quantitative estimate of drug-likeness (QED) is 0.125. The van der Waals surface area contributed by atoms with Gasteiger partial charge in [0.25, 0.3) is 0 Å². The van der Waals surface area contributed by atoms with E-state index >= 15 is 0 Å². The largest absolute Gasteiger partial charge is 0.444 e. The molecule has 0 aliphatic rings. The Morgan fingerprint density at radius 3 is 1.40 bits per heavy atom. The van der Waals surface area contributed by atoms with Gasteiger partial charge < -0.3 is 30.1 Å². The van der Waals surface area contributed by atoms with Gasteiger partial charge in [-0.25, -0.2) is 19.6 Å². The molecule has 2 aromatic heterocycles. The fourth-order valence-corrected chi connectivity index (χ4v) is 6.07. The Bertz CT molecular complexity index is 2240. The summed E-state index contributed by atoms with van der Waals surface area (Å²) >= 11 is 0. The number of rotatable bonds is 8. The molecule has 0 aliphatic carbocycles. The molecular formula is C42H48N6O4. The van der Waals surface area contributed by atoms with E-state index in [1.807, 2.05) is 68.5 Å². The van der Waals surface area contributed by atoms with Crippen molar-refractivity contribution in [1.82, 2.24) is 30.6 Å². The number of carbonyl (C=O) groups is 2. The van der Waals surface area contributed by atoms with Crippen molar-refractivity contribution in [2.75, 3.05) is 0 Å². The third-order valence-electron chi connectivity index (χ3n) is 8.60. The van der Waals surface area contributed by atoms with Gasteiger partial charge >= 0.3 is 12.2 Å². The third kappa shape index (κ3) is 8.62. The maximum absolute atomic E-state index is 12.5. The first-order chi connectivity index (χ1) is 24.5. The van der Waals surface area contributed by atoms with Gasteiger partial charge in [-0.15, -0.1) is 0 Å². The van der Waals surface area contributed by atoms with E-state index in [1.165, 1.54) is 0 Å². The van der Waals surface area contributed by atoms with Crippen LogP contribution in [0.5, 0.6) is 0 Å². The van der Waals surface area contributed by atoms with Gasteiger partial charge in [0.1, 0.15) is 22.9 Å². The van der Waals surface area contributed by atoms with Crippen LogP contribution in [0.4, 0.5) is 9.59 Å². The minimum atomic E-state index is -0.582. The Morgan fingerprint density at radius 2 is 0.962 bits per heavy atom. The first-order valence-electron chi connectivity index (χ1n) is 17.7. The maximum Gasteiger partial charge on any atom is 0.408 e. The van der Waals surface area contributed by atoms with E-state index < -0.39 is 23.4 Å². The molecular weight excluding hydrogens is 652 g/mol. The number of hydrogen-bond donors (Lipinski definition) is 4. The number of fused-ring (bicyclic) bond motifs is 2. The number of nitrogens with zero attached hydrogens (tertiary/aromatic N) is 2. The fourth-order valence-electron chi connectivity index (χ4n) is 6.07. The average Bonchev–Trinajstić information content (AvgIpc) is 3.76. The number of nitrogens with one attached hydrogen (secondary N) is 4. The highest BCUT2D eigenvalue weighted by Crippen LogP contribution is 2.32. The summed E-state index contributed by atoms with van der Waals surface area (Å²) in [6.45, 7) is 17.0. The van der Waals surface area contributed by atoms with Crippen LogP contribution in [-0.2, 0) is 9.47 Å². The summed E-state index contributed by atoms with van der Waals surface area (Å²) in [6, 6.07) is 25.1. The van der Waals surface area contributed by atoms with Gasteiger partial charge in [0.05, 0.1) is 35.9 Å². The van der Waals surface area contributed by atoms with E-state index in [-0.39, 0.29) is 18.0 Å². The van der Waals surface area contributed by atoms with Crippen molar-refractivity contribution in [2.45, 2.75) is 85.6 Å². The molecule has 0 radical (unpaired) electrons. The number of alkyl carbamates (subject to hydrolysis) is 2. The Kier molecular flexibility index (Phi) is 9.86. The normalized spacial score (nSPS) is 13.3. The minimum absolute atomic E-state index is 0.105. The number of carbonyl (C=O) groups excluding carboxylic acids is 2. The zero-order valence-electron chi connectivity index (χ0n) is 31.3. The van der Waals surface area contributed by atoms with Crippen molar-refractivity contribution < 1.29 is 19.1 Å². The van der Waals surface area contributed by atoms with Crippen LogP contribution < -0.4 is 10.6 Å². The first-order valence-corrected chi connectivity index (χ1v) is 17.7. The van der Waals surface area contributed by atoms with E-state index in [0.717, 1.165) is 55.2 Å². The molecule has 0 spiro atoms. The molecule has 4 N–H and O–H groups in total. The third-order valence-corrected chi connectivity index (χ3v) is 8.60. The molecule has 0 fully saturated rings. The zero-order valence-corrected chi connectivity index (χ0v) is 31.3. The Labute approximate surface area is 304 Å². The number of amides is 2. The molecule has 0 unspecified atom stereocenters. The van der Waals surface area contributed by atoms with Crippen molar-refractivity contribution >= 4 is 33.7 Å². The van der Waals surface area contributed by atoms with Crippen molar-refractivity contribution in [3.63, 3.8) is 0 Å². The minimum Gasteiger partial charge on any atom is -0.444 e. The lowest BCUT2D eigenvalue weighted by molar-refractivity contribution is 0.0481. The van der Waals surface area contributed by atoms with Crippen molar-refractivity contribution in [3.05, 3.63) is 96.8 Å². The van der Waals surface area contributed by atoms with E-state index in [1.54, 1.807) is 6.20 Å². The summed E-state index contributed by atoms with van der Waals surface area (Å²) in [5.41, 5.74) is 4.88. The Balaban J connectivity index is 1.16. The SMILES string of the molecule is CC(C)[C@H](NC(=O)OC(C)(C)C)c1ncc(-c2ccc3cc(-c4ccc5cc(-c6cnc([C@H](C)NC(=O)OC(C)(C)C)[nH]6)ccc5c4)ccc3c2)[nH]1. The van der Waals surface area contributed by atoms with Crippen LogP contribution in [0.2, 0.25) is 0 Å². The van der Waals surface area contributed by atoms with Gasteiger partial charge in [0.2, 0.25) is 0 Å². The summed E-state index contributed by atoms with van der Waals surface area (Å²) in [5.74, 6) is 1.45. The summed E-state index contributed by atoms with van der Waals surface area (Å²) in [4.78, 5) is 40.6. The number of hydrogen-bond acceptors (Lipinski definition) is 6. The predicted molar refractivity (Wildman–Crippen MR) is 207 cm³/mol. The van der Waals surface area contributed by atoms with Gasteiger partial charge in [-0.2, -0.15) is 0 Å². The summed E-state index contributed by atoms with van der Waals surface area (Å²) in [5, 5.41) is 10.3.